The molecule has 0 atom stereocenters. The molecule has 0 unspecified atom stereocenters. The third kappa shape index (κ3) is 4.83. The topological polar surface area (TPSA) is 77.8 Å². The second-order valence-corrected chi connectivity index (χ2v) is 4.42. The van der Waals surface area contributed by atoms with Crippen molar-refractivity contribution < 1.29 is 20.1 Å². The summed E-state index contributed by atoms with van der Waals surface area (Å²) in [6.07, 6.45) is -1.83. The van der Waals surface area contributed by atoms with Crippen LogP contribution in [0, 0.1) is 0 Å². The Kier molecular flexibility index (Phi) is 6.14. The van der Waals surface area contributed by atoms with E-state index in [0.29, 0.717) is 4.47 Å². The highest BCUT2D eigenvalue weighted by atomic mass is 79.9. The molecule has 0 aliphatic carbocycles. The van der Waals surface area contributed by atoms with Gasteiger partial charge in [0, 0.05) is 8.95 Å². The monoisotopic (exact) mass is 390 g/mol. The summed E-state index contributed by atoms with van der Waals surface area (Å²) in [5.41, 5.74) is 0. The first kappa shape index (κ1) is 13.7. The third-order valence-electron chi connectivity index (χ3n) is 1.01. The maximum Gasteiger partial charge on any atom is 0.503 e. The molecule has 4 nitrogen and oxygen atoms in total. The van der Waals surface area contributed by atoms with E-state index < -0.39 is 6.16 Å². The molecule has 0 heterocycles. The maximum atomic E-state index is 9.13. The van der Waals surface area contributed by atoms with Crippen LogP contribution in [0.3, 0.4) is 0 Å². The minimum Gasteiger partial charge on any atom is -0.507 e. The number of benzene rings is 1. The van der Waals surface area contributed by atoms with E-state index in [2.05, 4.69) is 47.8 Å². The lowest BCUT2D eigenvalue weighted by atomic mass is 10.3. The molecular formula is C7H5Br3O4. The Morgan fingerprint density at radius 2 is 1.50 bits per heavy atom. The van der Waals surface area contributed by atoms with Gasteiger partial charge in [0.2, 0.25) is 0 Å². The van der Waals surface area contributed by atoms with Gasteiger partial charge in [-0.3, -0.25) is 0 Å². The lowest BCUT2D eigenvalue weighted by Crippen LogP contribution is -1.81. The van der Waals surface area contributed by atoms with Crippen LogP contribution in [-0.4, -0.2) is 21.5 Å². The first-order valence-electron chi connectivity index (χ1n) is 3.10. The minimum atomic E-state index is -1.83. The SMILES string of the molecule is O=C(O)O.Oc1ccc(Br)c(Br)c1Br. The summed E-state index contributed by atoms with van der Waals surface area (Å²) in [4.78, 5) is 8.56. The van der Waals surface area contributed by atoms with Gasteiger partial charge in [-0.1, -0.05) is 0 Å². The van der Waals surface area contributed by atoms with E-state index in [4.69, 9.17) is 20.1 Å². The van der Waals surface area contributed by atoms with Crippen molar-refractivity contribution in [1.82, 2.24) is 0 Å². The number of phenolic OH excluding ortho intramolecular Hbond substituents is 1. The van der Waals surface area contributed by atoms with Gasteiger partial charge in [0.05, 0.1) is 4.47 Å². The number of rotatable bonds is 0. The van der Waals surface area contributed by atoms with Gasteiger partial charge in [0.25, 0.3) is 0 Å². The van der Waals surface area contributed by atoms with Crippen LogP contribution in [0.25, 0.3) is 0 Å². The zero-order chi connectivity index (χ0) is 11.3. The number of carboxylic acid groups (broad SMARTS) is 2. The molecule has 0 saturated heterocycles. The first-order valence-corrected chi connectivity index (χ1v) is 5.48. The smallest absolute Gasteiger partial charge is 0.503 e. The van der Waals surface area contributed by atoms with Gasteiger partial charge in [-0.15, -0.1) is 0 Å². The van der Waals surface area contributed by atoms with E-state index in [9.17, 15) is 0 Å². The van der Waals surface area contributed by atoms with Gasteiger partial charge < -0.3 is 15.3 Å². The Morgan fingerprint density at radius 1 is 1.07 bits per heavy atom. The summed E-state index contributed by atoms with van der Waals surface area (Å²) in [5.74, 6) is 0.232. The van der Waals surface area contributed by atoms with E-state index in [1.54, 1.807) is 12.1 Å². The lowest BCUT2D eigenvalue weighted by Gasteiger charge is -2.00. The molecule has 0 radical (unpaired) electrons. The number of hydrogen-bond donors (Lipinski definition) is 3. The molecule has 0 aliphatic heterocycles. The zero-order valence-electron chi connectivity index (χ0n) is 6.54. The normalized spacial score (nSPS) is 8.79. The highest BCUT2D eigenvalue weighted by Crippen LogP contribution is 2.36. The molecule has 0 fully saturated rings. The summed E-state index contributed by atoms with van der Waals surface area (Å²) in [6.45, 7) is 0. The van der Waals surface area contributed by atoms with Crippen molar-refractivity contribution in [1.29, 1.82) is 0 Å². The number of halogens is 3. The molecule has 14 heavy (non-hydrogen) atoms. The van der Waals surface area contributed by atoms with Crippen molar-refractivity contribution in [2.45, 2.75) is 0 Å². The number of aromatic hydroxyl groups is 1. The van der Waals surface area contributed by atoms with Crippen LogP contribution in [0.4, 0.5) is 4.79 Å². The number of hydrogen-bond acceptors (Lipinski definition) is 2. The average Bonchev–Trinajstić information content (AvgIpc) is 2.07. The standard InChI is InChI=1S/C6H3Br3O.CH2O3/c7-3-1-2-4(10)6(9)5(3)8;2-1(3)4/h1-2,10H;(H2,2,3,4). The molecule has 0 aliphatic rings. The van der Waals surface area contributed by atoms with Crippen LogP contribution in [0.15, 0.2) is 25.6 Å². The summed E-state index contributed by atoms with van der Waals surface area (Å²) in [7, 11) is 0. The Balaban J connectivity index is 0.000000364. The Morgan fingerprint density at radius 3 is 1.86 bits per heavy atom. The van der Waals surface area contributed by atoms with Gasteiger partial charge in [-0.2, -0.15) is 0 Å². The van der Waals surface area contributed by atoms with Gasteiger partial charge >= 0.3 is 6.16 Å². The van der Waals surface area contributed by atoms with Crippen LogP contribution in [0.2, 0.25) is 0 Å². The summed E-state index contributed by atoms with van der Waals surface area (Å²) < 4.78 is 2.41. The molecule has 0 saturated carbocycles. The fourth-order valence-corrected chi connectivity index (χ4v) is 1.79. The van der Waals surface area contributed by atoms with Crippen molar-refractivity contribution in [3.8, 4) is 5.75 Å². The number of carbonyl (C=O) groups is 1. The average molecular weight is 393 g/mol. The second kappa shape index (κ2) is 6.26. The van der Waals surface area contributed by atoms with Crippen LogP contribution >= 0.6 is 47.8 Å². The molecule has 0 bridgehead atoms. The first-order chi connectivity index (χ1) is 6.36. The molecule has 1 aromatic rings. The fraction of sp³-hybridized carbons (Fsp3) is 0. The van der Waals surface area contributed by atoms with Crippen molar-refractivity contribution in [2.75, 3.05) is 0 Å². The molecule has 0 spiro atoms. The van der Waals surface area contributed by atoms with Gasteiger partial charge in [0.15, 0.2) is 0 Å². The second-order valence-electron chi connectivity index (χ2n) is 1.98. The van der Waals surface area contributed by atoms with Gasteiger partial charge in [0.1, 0.15) is 5.75 Å². The van der Waals surface area contributed by atoms with Crippen LogP contribution in [0.1, 0.15) is 0 Å². The fourth-order valence-electron chi connectivity index (χ4n) is 0.516. The summed E-state index contributed by atoms with van der Waals surface area (Å²) in [6, 6.07) is 3.38. The van der Waals surface area contributed by atoms with Crippen LogP contribution < -0.4 is 0 Å². The van der Waals surface area contributed by atoms with Crippen molar-refractivity contribution in [2.24, 2.45) is 0 Å². The Bertz CT molecular complexity index is 309. The molecule has 0 amide bonds. The molecule has 0 aromatic heterocycles. The summed E-state index contributed by atoms with van der Waals surface area (Å²) in [5, 5.41) is 23.1. The summed E-state index contributed by atoms with van der Waals surface area (Å²) >= 11 is 9.77. The number of phenols is 1. The molecule has 78 valence electrons. The zero-order valence-corrected chi connectivity index (χ0v) is 11.3. The van der Waals surface area contributed by atoms with E-state index in [1.807, 2.05) is 0 Å². The predicted octanol–water partition coefficient (Wildman–Crippen LogP) is 3.90. The van der Waals surface area contributed by atoms with Crippen LogP contribution in [0.5, 0.6) is 5.75 Å². The molecular weight excluding hydrogens is 388 g/mol. The van der Waals surface area contributed by atoms with Crippen molar-refractivity contribution in [3.05, 3.63) is 25.6 Å². The van der Waals surface area contributed by atoms with Crippen LogP contribution in [-0.2, 0) is 0 Å². The lowest BCUT2D eigenvalue weighted by molar-refractivity contribution is 0.137. The highest BCUT2D eigenvalue weighted by Gasteiger charge is 2.04. The minimum absolute atomic E-state index is 0.232. The molecule has 1 rings (SSSR count). The molecule has 3 N–H and O–H groups in total. The quantitative estimate of drug-likeness (QED) is 0.585. The Labute approximate surface area is 105 Å². The van der Waals surface area contributed by atoms with E-state index in [-0.39, 0.29) is 5.75 Å². The van der Waals surface area contributed by atoms with Gasteiger partial charge in [-0.25, -0.2) is 4.79 Å². The molecule has 1 aromatic carbocycles. The highest BCUT2D eigenvalue weighted by molar-refractivity contribution is 9.14. The Hall–Kier alpha value is -0.270. The van der Waals surface area contributed by atoms with Crippen molar-refractivity contribution >= 4 is 53.9 Å². The predicted molar refractivity (Wildman–Crippen MR) is 61.9 cm³/mol. The molecule has 7 heteroatoms. The van der Waals surface area contributed by atoms with E-state index in [0.717, 1.165) is 8.95 Å². The van der Waals surface area contributed by atoms with Crippen molar-refractivity contribution in [3.63, 3.8) is 0 Å². The maximum absolute atomic E-state index is 9.13. The third-order valence-corrected chi connectivity index (χ3v) is 4.37. The van der Waals surface area contributed by atoms with E-state index >= 15 is 0 Å². The van der Waals surface area contributed by atoms with Gasteiger partial charge in [-0.05, 0) is 59.9 Å². The largest absolute Gasteiger partial charge is 0.507 e. The van der Waals surface area contributed by atoms with E-state index in [1.165, 1.54) is 0 Å².